The van der Waals surface area contributed by atoms with Crippen LogP contribution in [0.15, 0.2) is 24.3 Å². The minimum Gasteiger partial charge on any atom is -0.386 e. The number of alkyl halides is 3. The van der Waals surface area contributed by atoms with Gasteiger partial charge < -0.3 is 4.29 Å². The van der Waals surface area contributed by atoms with E-state index in [1.165, 1.54) is 0 Å². The predicted molar refractivity (Wildman–Crippen MR) is 37.9 cm³/mol. The molecule has 0 aromatic heterocycles. The number of rotatable bonds is 1. The van der Waals surface area contributed by atoms with E-state index in [-0.39, 0.29) is 5.75 Å². The summed E-state index contributed by atoms with van der Waals surface area (Å²) in [5.41, 5.74) is -0.722. The molecule has 0 radical (unpaired) electrons. The van der Waals surface area contributed by atoms with Gasteiger partial charge in [0.2, 0.25) is 0 Å². The smallest absolute Gasteiger partial charge is 0.386 e. The average Bonchev–Trinajstić information content (AvgIpc) is 2.03. The molecular weight excluding hydrogens is 193 g/mol. The van der Waals surface area contributed by atoms with Gasteiger partial charge in [-0.05, 0) is 24.3 Å². The molecule has 0 aliphatic heterocycles. The van der Waals surface area contributed by atoms with E-state index in [0.29, 0.717) is 0 Å². The first-order valence-electron chi connectivity index (χ1n) is 3.00. The Labute approximate surface area is 71.9 Å². The summed E-state index contributed by atoms with van der Waals surface area (Å²) in [4.78, 5) is 0. The second kappa shape index (κ2) is 3.23. The van der Waals surface area contributed by atoms with Gasteiger partial charge in [0, 0.05) is 0 Å². The average molecular weight is 197 g/mol. The van der Waals surface area contributed by atoms with Gasteiger partial charge in [0.05, 0.1) is 5.56 Å². The van der Waals surface area contributed by atoms with E-state index in [9.17, 15) is 13.2 Å². The third-order valence-electron chi connectivity index (χ3n) is 1.27. The largest absolute Gasteiger partial charge is 0.416 e. The van der Waals surface area contributed by atoms with Gasteiger partial charge >= 0.3 is 6.18 Å². The van der Waals surface area contributed by atoms with Crippen molar-refractivity contribution in [3.05, 3.63) is 29.8 Å². The Kier molecular flexibility index (Phi) is 2.47. The van der Waals surface area contributed by atoms with Crippen molar-refractivity contribution >= 4 is 11.9 Å². The molecule has 1 aromatic carbocycles. The van der Waals surface area contributed by atoms with Gasteiger partial charge in [-0.25, -0.2) is 0 Å². The Morgan fingerprint density at radius 1 is 1.08 bits per heavy atom. The number of halogens is 4. The molecule has 12 heavy (non-hydrogen) atoms. The zero-order valence-electron chi connectivity index (χ0n) is 5.73. The molecule has 0 heterocycles. The second-order valence-corrected chi connectivity index (χ2v) is 2.25. The fraction of sp³-hybridized carbons (Fsp3) is 0.143. The molecule has 0 bridgehead atoms. The maximum absolute atomic E-state index is 11.9. The Hall–Kier alpha value is -0.900. The van der Waals surface area contributed by atoms with E-state index < -0.39 is 11.7 Å². The number of hydrogen-bond donors (Lipinski definition) is 0. The van der Waals surface area contributed by atoms with Crippen LogP contribution < -0.4 is 4.29 Å². The third-order valence-corrected chi connectivity index (χ3v) is 1.45. The minimum absolute atomic E-state index is 0.185. The molecule has 0 spiro atoms. The molecule has 0 saturated carbocycles. The van der Waals surface area contributed by atoms with Gasteiger partial charge in [-0.3, -0.25) is 0 Å². The Morgan fingerprint density at radius 2 is 1.58 bits per heavy atom. The molecule has 0 atom stereocenters. The fourth-order valence-electron chi connectivity index (χ4n) is 0.695. The SMILES string of the molecule is FC(F)(F)c1ccc(OCl)cc1. The highest BCUT2D eigenvalue weighted by molar-refractivity contribution is 6.09. The summed E-state index contributed by atoms with van der Waals surface area (Å²) in [5.74, 6) is 0.185. The van der Waals surface area contributed by atoms with Crippen molar-refractivity contribution in [3.8, 4) is 5.75 Å². The van der Waals surface area contributed by atoms with Crippen molar-refractivity contribution in [2.75, 3.05) is 0 Å². The highest BCUT2D eigenvalue weighted by Gasteiger charge is 2.29. The molecule has 5 heteroatoms. The normalized spacial score (nSPS) is 11.3. The van der Waals surface area contributed by atoms with Crippen LogP contribution in [0.1, 0.15) is 5.56 Å². The van der Waals surface area contributed by atoms with Crippen LogP contribution in [0.4, 0.5) is 13.2 Å². The molecule has 1 nitrogen and oxygen atoms in total. The molecule has 0 aliphatic rings. The topological polar surface area (TPSA) is 9.23 Å². The van der Waals surface area contributed by atoms with Crippen molar-refractivity contribution in [3.63, 3.8) is 0 Å². The third kappa shape index (κ3) is 2.04. The molecular formula is C7H4ClF3O. The van der Waals surface area contributed by atoms with Crippen LogP contribution in [0.3, 0.4) is 0 Å². The van der Waals surface area contributed by atoms with Crippen molar-refractivity contribution in [1.29, 1.82) is 0 Å². The van der Waals surface area contributed by atoms with Gasteiger partial charge in [-0.1, -0.05) is 0 Å². The highest BCUT2D eigenvalue weighted by Crippen LogP contribution is 2.30. The lowest BCUT2D eigenvalue weighted by Gasteiger charge is -2.05. The molecule has 0 unspecified atom stereocenters. The van der Waals surface area contributed by atoms with Crippen LogP contribution in [-0.4, -0.2) is 0 Å². The van der Waals surface area contributed by atoms with E-state index in [1.807, 2.05) is 0 Å². The molecule has 0 amide bonds. The standard InChI is InChI=1S/C7H4ClF3O/c8-12-6-3-1-5(2-4-6)7(9,10)11/h1-4H. The molecule has 0 aliphatic carbocycles. The van der Waals surface area contributed by atoms with Crippen LogP contribution in [0.5, 0.6) is 5.75 Å². The van der Waals surface area contributed by atoms with Gasteiger partial charge in [-0.15, -0.1) is 0 Å². The van der Waals surface area contributed by atoms with Crippen molar-refractivity contribution in [2.24, 2.45) is 0 Å². The predicted octanol–water partition coefficient (Wildman–Crippen LogP) is 3.24. The maximum atomic E-state index is 11.9. The van der Waals surface area contributed by atoms with E-state index in [2.05, 4.69) is 4.29 Å². The van der Waals surface area contributed by atoms with E-state index in [1.54, 1.807) is 0 Å². The van der Waals surface area contributed by atoms with E-state index in [4.69, 9.17) is 11.9 Å². The van der Waals surface area contributed by atoms with E-state index >= 15 is 0 Å². The number of benzene rings is 1. The fourth-order valence-corrected chi connectivity index (χ4v) is 0.798. The van der Waals surface area contributed by atoms with Gasteiger partial charge in [0.25, 0.3) is 0 Å². The summed E-state index contributed by atoms with van der Waals surface area (Å²) >= 11 is 4.91. The monoisotopic (exact) mass is 196 g/mol. The molecule has 1 aromatic rings. The number of hydrogen-bond acceptors (Lipinski definition) is 1. The van der Waals surface area contributed by atoms with Crippen molar-refractivity contribution in [2.45, 2.75) is 6.18 Å². The zero-order valence-corrected chi connectivity index (χ0v) is 6.49. The molecule has 0 fully saturated rings. The van der Waals surface area contributed by atoms with Gasteiger partial charge in [-0.2, -0.15) is 13.2 Å². The van der Waals surface area contributed by atoms with Crippen LogP contribution in [0.2, 0.25) is 0 Å². The van der Waals surface area contributed by atoms with Crippen LogP contribution in [0, 0.1) is 0 Å². The Morgan fingerprint density at radius 3 is 1.92 bits per heavy atom. The molecule has 1 rings (SSSR count). The first-order chi connectivity index (χ1) is 5.54. The van der Waals surface area contributed by atoms with Crippen LogP contribution >= 0.6 is 11.9 Å². The summed E-state index contributed by atoms with van der Waals surface area (Å²) in [6.07, 6.45) is -4.31. The first-order valence-corrected chi connectivity index (χ1v) is 3.31. The second-order valence-electron chi connectivity index (χ2n) is 2.10. The lowest BCUT2D eigenvalue weighted by atomic mass is 10.2. The lowest BCUT2D eigenvalue weighted by Crippen LogP contribution is -2.03. The molecule has 0 N–H and O–H groups in total. The summed E-state index contributed by atoms with van der Waals surface area (Å²) in [5, 5.41) is 0. The van der Waals surface area contributed by atoms with Crippen LogP contribution in [0.25, 0.3) is 0 Å². The Bertz CT molecular complexity index is 254. The minimum atomic E-state index is -4.31. The summed E-state index contributed by atoms with van der Waals surface area (Å²) in [6.45, 7) is 0. The molecule has 66 valence electrons. The summed E-state index contributed by atoms with van der Waals surface area (Å²) in [6, 6.07) is 4.10. The zero-order chi connectivity index (χ0) is 9.19. The maximum Gasteiger partial charge on any atom is 0.416 e. The van der Waals surface area contributed by atoms with Crippen LogP contribution in [-0.2, 0) is 6.18 Å². The van der Waals surface area contributed by atoms with Gasteiger partial charge in [0.15, 0.2) is 0 Å². The summed E-state index contributed by atoms with van der Waals surface area (Å²) < 4.78 is 40.0. The molecule has 0 saturated heterocycles. The van der Waals surface area contributed by atoms with Crippen molar-refractivity contribution < 1.29 is 17.5 Å². The van der Waals surface area contributed by atoms with Gasteiger partial charge in [0.1, 0.15) is 17.6 Å². The summed E-state index contributed by atoms with van der Waals surface area (Å²) in [7, 11) is 0. The van der Waals surface area contributed by atoms with Crippen molar-refractivity contribution in [1.82, 2.24) is 0 Å². The first kappa shape index (κ1) is 9.19. The highest BCUT2D eigenvalue weighted by atomic mass is 35.5. The quantitative estimate of drug-likeness (QED) is 0.670. The lowest BCUT2D eigenvalue weighted by molar-refractivity contribution is -0.137. The van der Waals surface area contributed by atoms with E-state index in [0.717, 1.165) is 24.3 Å². The Balaban J connectivity index is 2.93.